The molecule has 3 rings (SSSR count). The zero-order valence-corrected chi connectivity index (χ0v) is 11.4. The SMILES string of the molecule is NCC1(C(=O)c2cc3cccc(Cl)c3o2)CCCC1. The van der Waals surface area contributed by atoms with Gasteiger partial charge in [-0.3, -0.25) is 4.79 Å². The molecule has 100 valence electrons. The topological polar surface area (TPSA) is 56.2 Å². The van der Waals surface area contributed by atoms with E-state index >= 15 is 0 Å². The fourth-order valence-electron chi connectivity index (χ4n) is 2.98. The number of benzene rings is 1. The average Bonchev–Trinajstić information content (AvgIpc) is 3.06. The Morgan fingerprint density at radius 3 is 2.74 bits per heavy atom. The highest BCUT2D eigenvalue weighted by atomic mass is 35.5. The van der Waals surface area contributed by atoms with E-state index in [1.807, 2.05) is 12.1 Å². The Morgan fingerprint density at radius 1 is 1.37 bits per heavy atom. The molecule has 0 aliphatic heterocycles. The molecule has 0 bridgehead atoms. The van der Waals surface area contributed by atoms with Gasteiger partial charge >= 0.3 is 0 Å². The summed E-state index contributed by atoms with van der Waals surface area (Å²) in [6.45, 7) is 0.386. The second-order valence-corrected chi connectivity index (χ2v) is 5.70. The highest BCUT2D eigenvalue weighted by molar-refractivity contribution is 6.34. The van der Waals surface area contributed by atoms with Crippen molar-refractivity contribution in [2.24, 2.45) is 11.1 Å². The molecule has 0 saturated heterocycles. The highest BCUT2D eigenvalue weighted by Gasteiger charge is 2.41. The maximum absolute atomic E-state index is 12.7. The van der Waals surface area contributed by atoms with Crippen molar-refractivity contribution < 1.29 is 9.21 Å². The summed E-state index contributed by atoms with van der Waals surface area (Å²) in [6.07, 6.45) is 3.83. The van der Waals surface area contributed by atoms with Gasteiger partial charge in [0.15, 0.2) is 11.3 Å². The summed E-state index contributed by atoms with van der Waals surface area (Å²) in [4.78, 5) is 12.7. The highest BCUT2D eigenvalue weighted by Crippen LogP contribution is 2.41. The number of halogens is 1. The number of nitrogens with two attached hydrogens (primary N) is 1. The van der Waals surface area contributed by atoms with Gasteiger partial charge in [0, 0.05) is 17.3 Å². The van der Waals surface area contributed by atoms with Crippen molar-refractivity contribution in [1.82, 2.24) is 0 Å². The van der Waals surface area contributed by atoms with Crippen molar-refractivity contribution >= 4 is 28.4 Å². The molecule has 3 nitrogen and oxygen atoms in total. The number of fused-ring (bicyclic) bond motifs is 1. The minimum absolute atomic E-state index is 0.0276. The van der Waals surface area contributed by atoms with E-state index in [9.17, 15) is 4.79 Å². The maximum atomic E-state index is 12.7. The van der Waals surface area contributed by atoms with Gasteiger partial charge in [0.25, 0.3) is 0 Å². The second-order valence-electron chi connectivity index (χ2n) is 5.29. The molecule has 0 atom stereocenters. The molecule has 0 unspecified atom stereocenters. The van der Waals surface area contributed by atoms with E-state index in [0.29, 0.717) is 22.9 Å². The first-order valence-corrected chi connectivity index (χ1v) is 6.97. The number of hydrogen-bond donors (Lipinski definition) is 1. The third kappa shape index (κ3) is 1.97. The number of carbonyl (C=O) groups excluding carboxylic acids is 1. The second kappa shape index (κ2) is 4.66. The van der Waals surface area contributed by atoms with Crippen molar-refractivity contribution in [3.05, 3.63) is 35.0 Å². The van der Waals surface area contributed by atoms with Crippen LogP contribution in [0.15, 0.2) is 28.7 Å². The van der Waals surface area contributed by atoms with E-state index in [0.717, 1.165) is 31.1 Å². The number of carbonyl (C=O) groups is 1. The average molecular weight is 278 g/mol. The van der Waals surface area contributed by atoms with Crippen LogP contribution in [0.4, 0.5) is 0 Å². The normalized spacial score (nSPS) is 18.0. The zero-order chi connectivity index (χ0) is 13.5. The molecule has 2 aromatic rings. The third-order valence-corrected chi connectivity index (χ3v) is 4.45. The number of para-hydroxylation sites is 1. The van der Waals surface area contributed by atoms with E-state index in [2.05, 4.69) is 0 Å². The lowest BCUT2D eigenvalue weighted by atomic mass is 9.80. The lowest BCUT2D eigenvalue weighted by Gasteiger charge is -2.23. The molecule has 1 aliphatic carbocycles. The number of ketones is 1. The predicted octanol–water partition coefficient (Wildman–Crippen LogP) is 3.79. The van der Waals surface area contributed by atoms with Crippen molar-refractivity contribution in [3.63, 3.8) is 0 Å². The zero-order valence-electron chi connectivity index (χ0n) is 10.6. The Bertz CT molecular complexity index is 626. The van der Waals surface area contributed by atoms with Crippen LogP contribution in [-0.4, -0.2) is 12.3 Å². The molecule has 1 fully saturated rings. The molecule has 0 amide bonds. The standard InChI is InChI=1S/C15H16ClNO2/c16-11-5-3-4-10-8-12(19-13(10)11)14(18)15(9-17)6-1-2-7-15/h3-5,8H,1-2,6-7,9,17H2. The van der Waals surface area contributed by atoms with Gasteiger partial charge in [0.1, 0.15) is 0 Å². The van der Waals surface area contributed by atoms with Gasteiger partial charge < -0.3 is 10.2 Å². The van der Waals surface area contributed by atoms with Gasteiger partial charge in [0.05, 0.1) is 5.02 Å². The van der Waals surface area contributed by atoms with Crippen LogP contribution in [-0.2, 0) is 0 Å². The van der Waals surface area contributed by atoms with Crippen molar-refractivity contribution in [2.75, 3.05) is 6.54 Å². The molecule has 1 aromatic heterocycles. The fraction of sp³-hybridized carbons (Fsp3) is 0.400. The minimum atomic E-state index is -0.430. The Morgan fingerprint density at radius 2 is 2.11 bits per heavy atom. The lowest BCUT2D eigenvalue weighted by Crippen LogP contribution is -2.35. The molecule has 19 heavy (non-hydrogen) atoms. The summed E-state index contributed by atoms with van der Waals surface area (Å²) in [5.41, 5.74) is 5.99. The molecule has 1 aliphatic rings. The Labute approximate surface area is 116 Å². The van der Waals surface area contributed by atoms with Crippen LogP contribution in [0.2, 0.25) is 5.02 Å². The summed E-state index contributed by atoms with van der Waals surface area (Å²) in [5.74, 6) is 0.412. The Balaban J connectivity index is 2.04. The number of rotatable bonds is 3. The summed E-state index contributed by atoms with van der Waals surface area (Å²) in [7, 11) is 0. The van der Waals surface area contributed by atoms with Crippen LogP contribution in [0.5, 0.6) is 0 Å². The molecule has 2 N–H and O–H groups in total. The summed E-state index contributed by atoms with van der Waals surface area (Å²) in [5, 5.41) is 1.39. The molecule has 4 heteroatoms. The van der Waals surface area contributed by atoms with Crippen LogP contribution >= 0.6 is 11.6 Å². The minimum Gasteiger partial charge on any atom is -0.451 e. The van der Waals surface area contributed by atoms with E-state index in [-0.39, 0.29) is 5.78 Å². The number of furan rings is 1. The predicted molar refractivity (Wildman–Crippen MR) is 75.5 cm³/mol. The summed E-state index contributed by atoms with van der Waals surface area (Å²) >= 11 is 6.07. The van der Waals surface area contributed by atoms with Crippen LogP contribution < -0.4 is 5.73 Å². The molecule has 1 heterocycles. The lowest BCUT2D eigenvalue weighted by molar-refractivity contribution is 0.0781. The molecule has 1 aromatic carbocycles. The molecular formula is C15H16ClNO2. The molecule has 0 spiro atoms. The van der Waals surface area contributed by atoms with E-state index in [1.165, 1.54) is 0 Å². The van der Waals surface area contributed by atoms with E-state index in [1.54, 1.807) is 12.1 Å². The van der Waals surface area contributed by atoms with Gasteiger partial charge in [-0.05, 0) is 25.0 Å². The van der Waals surface area contributed by atoms with Gasteiger partial charge in [0.2, 0.25) is 5.78 Å². The fourth-order valence-corrected chi connectivity index (χ4v) is 3.20. The van der Waals surface area contributed by atoms with E-state index in [4.69, 9.17) is 21.8 Å². The smallest absolute Gasteiger partial charge is 0.205 e. The first kappa shape index (κ1) is 12.7. The monoisotopic (exact) mass is 277 g/mol. The van der Waals surface area contributed by atoms with Gasteiger partial charge in [-0.25, -0.2) is 0 Å². The third-order valence-electron chi connectivity index (χ3n) is 4.15. The Kier molecular flexibility index (Phi) is 3.11. The van der Waals surface area contributed by atoms with Crippen molar-refractivity contribution in [2.45, 2.75) is 25.7 Å². The van der Waals surface area contributed by atoms with Gasteiger partial charge in [-0.2, -0.15) is 0 Å². The Hall–Kier alpha value is -1.32. The maximum Gasteiger partial charge on any atom is 0.205 e. The van der Waals surface area contributed by atoms with E-state index < -0.39 is 5.41 Å². The van der Waals surface area contributed by atoms with Crippen LogP contribution in [0, 0.1) is 5.41 Å². The molecule has 0 radical (unpaired) electrons. The molecular weight excluding hydrogens is 262 g/mol. The first-order chi connectivity index (χ1) is 9.16. The molecule has 1 saturated carbocycles. The van der Waals surface area contributed by atoms with Crippen LogP contribution in [0.1, 0.15) is 36.2 Å². The van der Waals surface area contributed by atoms with Crippen molar-refractivity contribution in [3.8, 4) is 0 Å². The largest absolute Gasteiger partial charge is 0.451 e. The van der Waals surface area contributed by atoms with Crippen LogP contribution in [0.3, 0.4) is 0 Å². The van der Waals surface area contributed by atoms with Crippen LogP contribution in [0.25, 0.3) is 11.0 Å². The van der Waals surface area contributed by atoms with Gasteiger partial charge in [-0.15, -0.1) is 0 Å². The van der Waals surface area contributed by atoms with Gasteiger partial charge in [-0.1, -0.05) is 36.6 Å². The number of Topliss-reactive ketones (excluding diaryl/α,β-unsaturated/α-hetero) is 1. The summed E-state index contributed by atoms with van der Waals surface area (Å²) < 4.78 is 5.66. The first-order valence-electron chi connectivity index (χ1n) is 6.59. The number of hydrogen-bond acceptors (Lipinski definition) is 3. The van der Waals surface area contributed by atoms with Crippen molar-refractivity contribution in [1.29, 1.82) is 0 Å². The quantitative estimate of drug-likeness (QED) is 0.869. The summed E-state index contributed by atoms with van der Waals surface area (Å²) in [6, 6.07) is 7.28.